The Kier molecular flexibility index (Phi) is 5.92. The van der Waals surface area contributed by atoms with Crippen molar-refractivity contribution < 1.29 is 22.9 Å². The molecule has 0 spiro atoms. The molecule has 0 atom stereocenters. The van der Waals surface area contributed by atoms with E-state index in [-0.39, 0.29) is 23.7 Å². The van der Waals surface area contributed by atoms with Gasteiger partial charge in [0, 0.05) is 12.6 Å². The summed E-state index contributed by atoms with van der Waals surface area (Å²) in [5, 5.41) is 21.2. The molecule has 0 aromatic carbocycles. The van der Waals surface area contributed by atoms with Crippen molar-refractivity contribution >= 4 is 29.5 Å². The molecular formula is C12H11ClF3N7O3. The molecule has 0 radical (unpaired) electrons. The Labute approximate surface area is 148 Å². The molecule has 0 aliphatic rings. The summed E-state index contributed by atoms with van der Waals surface area (Å²) >= 11 is 5.62. The number of rotatable bonds is 7. The fraction of sp³-hybridized carbons (Fsp3) is 0.333. The molecule has 0 saturated carbocycles. The quantitative estimate of drug-likeness (QED) is 0.436. The first kappa shape index (κ1) is 19.4. The van der Waals surface area contributed by atoms with Crippen LogP contribution in [-0.4, -0.2) is 42.8 Å². The van der Waals surface area contributed by atoms with Gasteiger partial charge in [0.25, 0.3) is 0 Å². The van der Waals surface area contributed by atoms with Crippen LogP contribution in [0.3, 0.4) is 0 Å². The predicted octanol–water partition coefficient (Wildman–Crippen LogP) is 1.74. The number of alkyl halides is 3. The molecular weight excluding hydrogens is 383 g/mol. The number of carbonyl (C=O) groups excluding carboxylic acids is 1. The average Bonchev–Trinajstić information content (AvgIpc) is 3.10. The summed E-state index contributed by atoms with van der Waals surface area (Å²) in [5.41, 5.74) is 2.28. The number of aryl methyl sites for hydroxylation is 1. The first-order valence-corrected chi connectivity index (χ1v) is 7.31. The third kappa shape index (κ3) is 5.84. The summed E-state index contributed by atoms with van der Waals surface area (Å²) in [6, 6.07) is 1.30. The Bertz CT molecular complexity index is 830. The van der Waals surface area contributed by atoms with Gasteiger partial charge in [-0.1, -0.05) is 11.6 Å². The minimum absolute atomic E-state index is 0.0229. The molecule has 2 heterocycles. The van der Waals surface area contributed by atoms with E-state index in [2.05, 4.69) is 20.7 Å². The second-order valence-electron chi connectivity index (χ2n) is 4.92. The fourth-order valence-corrected chi connectivity index (χ4v) is 2.00. The van der Waals surface area contributed by atoms with Crippen molar-refractivity contribution in [3.05, 3.63) is 39.3 Å². The second kappa shape index (κ2) is 7.95. The summed E-state index contributed by atoms with van der Waals surface area (Å²) in [4.78, 5) is 21.5. The van der Waals surface area contributed by atoms with E-state index in [1.807, 2.05) is 0 Å². The van der Waals surface area contributed by atoms with Gasteiger partial charge in [-0.3, -0.25) is 9.48 Å². The fourth-order valence-electron chi connectivity index (χ4n) is 1.79. The molecule has 1 N–H and O–H groups in total. The topological polar surface area (TPSA) is 120 Å². The summed E-state index contributed by atoms with van der Waals surface area (Å²) in [6.07, 6.45) is -1.07. The molecule has 0 aliphatic heterocycles. The number of hydrazone groups is 1. The van der Waals surface area contributed by atoms with E-state index in [1.165, 1.54) is 12.3 Å². The third-order valence-electron chi connectivity index (χ3n) is 2.83. The van der Waals surface area contributed by atoms with Gasteiger partial charge < -0.3 is 10.1 Å². The molecule has 0 aliphatic carbocycles. The van der Waals surface area contributed by atoms with Crippen LogP contribution >= 0.6 is 11.6 Å². The van der Waals surface area contributed by atoms with E-state index in [9.17, 15) is 28.1 Å². The first-order valence-electron chi connectivity index (χ1n) is 6.93. The van der Waals surface area contributed by atoms with Gasteiger partial charge in [0.05, 0.1) is 24.1 Å². The van der Waals surface area contributed by atoms with Gasteiger partial charge in [-0.2, -0.15) is 28.1 Å². The SMILES string of the molecule is O=C(CCn1cc(Cl)c([N+](=O)[O-])n1)N/N=C\c1ccn(CC(F)(F)F)n1. The zero-order chi connectivity index (χ0) is 19.3. The van der Waals surface area contributed by atoms with Crippen LogP contribution in [0.2, 0.25) is 5.02 Å². The van der Waals surface area contributed by atoms with Gasteiger partial charge in [-0.05, 0) is 11.0 Å². The maximum absolute atomic E-state index is 12.2. The Morgan fingerprint density at radius 2 is 2.15 bits per heavy atom. The second-order valence-corrected chi connectivity index (χ2v) is 5.32. The largest absolute Gasteiger partial charge is 0.408 e. The number of hydrogen-bond acceptors (Lipinski definition) is 6. The number of nitro groups is 1. The van der Waals surface area contributed by atoms with Crippen molar-refractivity contribution in [3.63, 3.8) is 0 Å². The van der Waals surface area contributed by atoms with Crippen LogP contribution in [0, 0.1) is 10.1 Å². The van der Waals surface area contributed by atoms with Gasteiger partial charge >= 0.3 is 12.0 Å². The molecule has 14 heteroatoms. The van der Waals surface area contributed by atoms with Crippen molar-refractivity contribution in [2.75, 3.05) is 0 Å². The number of nitrogens with one attached hydrogen (secondary N) is 1. The minimum Gasteiger partial charge on any atom is -0.358 e. The van der Waals surface area contributed by atoms with Crippen LogP contribution < -0.4 is 5.43 Å². The van der Waals surface area contributed by atoms with Crippen LogP contribution in [-0.2, 0) is 17.9 Å². The number of amides is 1. The van der Waals surface area contributed by atoms with Crippen molar-refractivity contribution in [1.29, 1.82) is 0 Å². The van der Waals surface area contributed by atoms with Gasteiger partial charge in [0.2, 0.25) is 5.91 Å². The predicted molar refractivity (Wildman–Crippen MR) is 82.5 cm³/mol. The van der Waals surface area contributed by atoms with Crippen LogP contribution in [0.5, 0.6) is 0 Å². The number of carbonyl (C=O) groups is 1. The van der Waals surface area contributed by atoms with Crippen molar-refractivity contribution in [2.24, 2.45) is 5.10 Å². The Morgan fingerprint density at radius 1 is 1.42 bits per heavy atom. The van der Waals surface area contributed by atoms with Gasteiger partial charge in [0.15, 0.2) is 5.02 Å². The molecule has 0 unspecified atom stereocenters. The standard InChI is InChI=1S/C12H11ClF3N7O3/c13-9-6-21(20-11(9)23(25)26)4-2-10(24)18-17-5-8-1-3-22(19-8)7-12(14,15)16/h1,3,5-6H,2,4,7H2,(H,18,24)/b17-5-. The van der Waals surface area contributed by atoms with E-state index in [0.29, 0.717) is 4.68 Å². The molecule has 2 rings (SSSR count). The minimum atomic E-state index is -4.39. The number of halogens is 4. The highest BCUT2D eigenvalue weighted by molar-refractivity contribution is 6.32. The van der Waals surface area contributed by atoms with Crippen molar-refractivity contribution in [3.8, 4) is 0 Å². The first-order chi connectivity index (χ1) is 12.1. The lowest BCUT2D eigenvalue weighted by Gasteiger charge is -2.04. The number of aromatic nitrogens is 4. The number of hydrogen-bond donors (Lipinski definition) is 1. The third-order valence-corrected chi connectivity index (χ3v) is 3.10. The lowest BCUT2D eigenvalue weighted by atomic mass is 10.4. The molecule has 0 bridgehead atoms. The Balaban J connectivity index is 1.80. The molecule has 0 fully saturated rings. The number of nitrogens with zero attached hydrogens (tertiary/aromatic N) is 6. The molecule has 2 aromatic rings. The highest BCUT2D eigenvalue weighted by atomic mass is 35.5. The lowest BCUT2D eigenvalue weighted by Crippen LogP contribution is -2.20. The zero-order valence-corrected chi connectivity index (χ0v) is 13.6. The Hall–Kier alpha value is -2.96. The van der Waals surface area contributed by atoms with E-state index >= 15 is 0 Å². The summed E-state index contributed by atoms with van der Waals surface area (Å²) in [6.45, 7) is -1.21. The molecule has 26 heavy (non-hydrogen) atoms. The summed E-state index contributed by atoms with van der Waals surface area (Å²) < 4.78 is 38.4. The van der Waals surface area contributed by atoms with Crippen LogP contribution in [0.25, 0.3) is 0 Å². The normalized spacial score (nSPS) is 11.8. The smallest absolute Gasteiger partial charge is 0.358 e. The highest BCUT2D eigenvalue weighted by Crippen LogP contribution is 2.21. The monoisotopic (exact) mass is 393 g/mol. The maximum Gasteiger partial charge on any atom is 0.408 e. The van der Waals surface area contributed by atoms with E-state index in [0.717, 1.165) is 17.1 Å². The lowest BCUT2D eigenvalue weighted by molar-refractivity contribution is -0.389. The van der Waals surface area contributed by atoms with Gasteiger partial charge in [-0.15, -0.1) is 0 Å². The van der Waals surface area contributed by atoms with E-state index < -0.39 is 29.4 Å². The molecule has 10 nitrogen and oxygen atoms in total. The summed E-state index contributed by atoms with van der Waals surface area (Å²) in [5.74, 6) is -1.05. The molecule has 0 saturated heterocycles. The molecule has 1 amide bonds. The van der Waals surface area contributed by atoms with E-state index in [1.54, 1.807) is 0 Å². The van der Waals surface area contributed by atoms with Crippen LogP contribution in [0.1, 0.15) is 12.1 Å². The summed E-state index contributed by atoms with van der Waals surface area (Å²) in [7, 11) is 0. The Morgan fingerprint density at radius 3 is 2.77 bits per heavy atom. The average molecular weight is 394 g/mol. The van der Waals surface area contributed by atoms with Gasteiger partial charge in [-0.25, -0.2) is 5.43 Å². The van der Waals surface area contributed by atoms with Crippen LogP contribution in [0.15, 0.2) is 23.6 Å². The molecule has 2 aromatic heterocycles. The van der Waals surface area contributed by atoms with Crippen LogP contribution in [0.4, 0.5) is 19.0 Å². The van der Waals surface area contributed by atoms with Crippen molar-refractivity contribution in [1.82, 2.24) is 25.0 Å². The molecule has 140 valence electrons. The van der Waals surface area contributed by atoms with Crippen molar-refractivity contribution in [2.45, 2.75) is 25.7 Å². The maximum atomic E-state index is 12.2. The zero-order valence-electron chi connectivity index (χ0n) is 12.9. The van der Waals surface area contributed by atoms with E-state index in [4.69, 9.17) is 11.6 Å². The van der Waals surface area contributed by atoms with Gasteiger partial charge in [0.1, 0.15) is 12.2 Å². The highest BCUT2D eigenvalue weighted by Gasteiger charge is 2.28.